The van der Waals surface area contributed by atoms with E-state index in [9.17, 15) is 4.39 Å². The molecule has 3 nitrogen and oxygen atoms in total. The Hall–Kier alpha value is -0.680. The van der Waals surface area contributed by atoms with Crippen LogP contribution in [0.4, 0.5) is 4.39 Å². The summed E-state index contributed by atoms with van der Waals surface area (Å²) in [6.07, 6.45) is 3.77. The van der Waals surface area contributed by atoms with Crippen LogP contribution in [0.25, 0.3) is 0 Å². The van der Waals surface area contributed by atoms with E-state index in [0.717, 1.165) is 31.6 Å². The molecule has 0 aromatic heterocycles. The van der Waals surface area contributed by atoms with Crippen molar-refractivity contribution in [2.24, 2.45) is 5.73 Å². The van der Waals surface area contributed by atoms with Crippen LogP contribution in [0.15, 0.2) is 18.2 Å². The topological polar surface area (TPSA) is 38.5 Å². The third kappa shape index (κ3) is 2.58. The van der Waals surface area contributed by atoms with Crippen LogP contribution in [0, 0.1) is 5.82 Å². The molecule has 20 heavy (non-hydrogen) atoms. The van der Waals surface area contributed by atoms with Gasteiger partial charge in [0, 0.05) is 30.2 Å². The van der Waals surface area contributed by atoms with Crippen molar-refractivity contribution in [3.8, 4) is 0 Å². The van der Waals surface area contributed by atoms with E-state index in [2.05, 4.69) is 4.90 Å². The van der Waals surface area contributed by atoms with Gasteiger partial charge in [0.15, 0.2) is 0 Å². The lowest BCUT2D eigenvalue weighted by Gasteiger charge is -2.42. The van der Waals surface area contributed by atoms with Crippen LogP contribution < -0.4 is 5.73 Å². The molecule has 1 saturated heterocycles. The Morgan fingerprint density at radius 3 is 3.05 bits per heavy atom. The highest BCUT2D eigenvalue weighted by molar-refractivity contribution is 6.31. The van der Waals surface area contributed by atoms with Gasteiger partial charge in [-0.15, -0.1) is 0 Å². The Kier molecular flexibility index (Phi) is 4.26. The van der Waals surface area contributed by atoms with Crippen molar-refractivity contribution in [3.63, 3.8) is 0 Å². The molecule has 0 spiro atoms. The fourth-order valence-electron chi connectivity index (χ4n) is 3.56. The second-order valence-electron chi connectivity index (χ2n) is 5.56. The minimum atomic E-state index is -0.310. The maximum absolute atomic E-state index is 13.2. The molecule has 5 heteroatoms. The highest BCUT2D eigenvalue weighted by atomic mass is 35.5. The van der Waals surface area contributed by atoms with E-state index in [1.54, 1.807) is 6.07 Å². The lowest BCUT2D eigenvalue weighted by atomic mass is 10.0. The molecular formula is C15H20ClFN2O. The van der Waals surface area contributed by atoms with E-state index in [0.29, 0.717) is 23.7 Å². The van der Waals surface area contributed by atoms with Gasteiger partial charge in [-0.25, -0.2) is 4.39 Å². The van der Waals surface area contributed by atoms with E-state index in [4.69, 9.17) is 22.1 Å². The zero-order valence-corrected chi connectivity index (χ0v) is 12.2. The molecule has 2 fully saturated rings. The standard InChI is InChI=1S/C15H20ClFN2O/c16-12-8-10(17)4-5-11(12)14(9-18)19-6-7-20-15-3-1-2-13(15)19/h4-5,8,13-15H,1-3,6-7,9,18H2. The number of morpholine rings is 1. The lowest BCUT2D eigenvalue weighted by molar-refractivity contribution is -0.0711. The molecule has 1 aromatic carbocycles. The number of rotatable bonds is 3. The normalized spacial score (nSPS) is 28.4. The summed E-state index contributed by atoms with van der Waals surface area (Å²) in [4.78, 5) is 2.40. The van der Waals surface area contributed by atoms with E-state index >= 15 is 0 Å². The summed E-state index contributed by atoms with van der Waals surface area (Å²) >= 11 is 6.21. The third-order valence-electron chi connectivity index (χ3n) is 4.47. The van der Waals surface area contributed by atoms with Crippen LogP contribution in [0.3, 0.4) is 0 Å². The molecule has 3 atom stereocenters. The molecule has 110 valence electrons. The van der Waals surface area contributed by atoms with Crippen LogP contribution in [0.1, 0.15) is 30.9 Å². The van der Waals surface area contributed by atoms with Gasteiger partial charge in [0.2, 0.25) is 0 Å². The fourth-order valence-corrected chi connectivity index (χ4v) is 3.85. The van der Waals surface area contributed by atoms with Crippen LogP contribution in [0.5, 0.6) is 0 Å². The van der Waals surface area contributed by atoms with Gasteiger partial charge in [-0.1, -0.05) is 17.7 Å². The molecule has 1 heterocycles. The summed E-state index contributed by atoms with van der Waals surface area (Å²) in [5.41, 5.74) is 6.91. The smallest absolute Gasteiger partial charge is 0.124 e. The first-order valence-electron chi connectivity index (χ1n) is 7.23. The molecule has 1 aromatic rings. The largest absolute Gasteiger partial charge is 0.375 e. The van der Waals surface area contributed by atoms with Gasteiger partial charge >= 0.3 is 0 Å². The van der Waals surface area contributed by atoms with E-state index in [1.807, 2.05) is 0 Å². The number of nitrogens with two attached hydrogens (primary N) is 1. The molecule has 1 saturated carbocycles. The van der Waals surface area contributed by atoms with Crippen LogP contribution in [0.2, 0.25) is 5.02 Å². The Labute approximate surface area is 123 Å². The second-order valence-corrected chi connectivity index (χ2v) is 5.97. The van der Waals surface area contributed by atoms with Crippen LogP contribution in [-0.4, -0.2) is 36.7 Å². The zero-order chi connectivity index (χ0) is 14.1. The van der Waals surface area contributed by atoms with E-state index in [1.165, 1.54) is 18.6 Å². The zero-order valence-electron chi connectivity index (χ0n) is 11.4. The Balaban J connectivity index is 1.88. The Bertz CT molecular complexity index is 485. The van der Waals surface area contributed by atoms with Crippen LogP contribution in [-0.2, 0) is 4.74 Å². The quantitative estimate of drug-likeness (QED) is 0.932. The molecular weight excluding hydrogens is 279 g/mol. The van der Waals surface area contributed by atoms with Crippen molar-refractivity contribution in [1.82, 2.24) is 4.90 Å². The SMILES string of the molecule is NCC(c1ccc(F)cc1Cl)N1CCOC2CCCC21. The van der Waals surface area contributed by atoms with Gasteiger partial charge in [0.25, 0.3) is 0 Å². The molecule has 3 rings (SSSR count). The minimum Gasteiger partial charge on any atom is -0.375 e. The molecule has 0 amide bonds. The minimum absolute atomic E-state index is 0.0394. The summed E-state index contributed by atoms with van der Waals surface area (Å²) in [6, 6.07) is 5.04. The molecule has 0 bridgehead atoms. The molecule has 2 N–H and O–H groups in total. The predicted octanol–water partition coefficient (Wildman–Crippen LogP) is 2.73. The van der Waals surface area contributed by atoms with Crippen molar-refractivity contribution >= 4 is 11.6 Å². The van der Waals surface area contributed by atoms with E-state index in [-0.39, 0.29) is 11.9 Å². The van der Waals surface area contributed by atoms with Gasteiger partial charge < -0.3 is 10.5 Å². The summed E-state index contributed by atoms with van der Waals surface area (Å²) in [7, 11) is 0. The number of benzene rings is 1. The number of fused-ring (bicyclic) bond motifs is 1. The second kappa shape index (κ2) is 5.98. The summed E-state index contributed by atoms with van der Waals surface area (Å²) < 4.78 is 19.1. The Morgan fingerprint density at radius 1 is 1.45 bits per heavy atom. The summed E-state index contributed by atoms with van der Waals surface area (Å²) in [5, 5.41) is 0.460. The summed E-state index contributed by atoms with van der Waals surface area (Å²) in [6.45, 7) is 2.07. The number of hydrogen-bond acceptors (Lipinski definition) is 3. The average Bonchev–Trinajstić information content (AvgIpc) is 2.91. The van der Waals surface area contributed by atoms with Gasteiger partial charge in [-0.2, -0.15) is 0 Å². The monoisotopic (exact) mass is 298 g/mol. The van der Waals surface area contributed by atoms with Crippen LogP contribution >= 0.6 is 11.6 Å². The molecule has 0 radical (unpaired) electrons. The first-order valence-corrected chi connectivity index (χ1v) is 7.61. The molecule has 1 aliphatic carbocycles. The number of nitrogens with zero attached hydrogens (tertiary/aromatic N) is 1. The van der Waals surface area contributed by atoms with Gasteiger partial charge in [0.1, 0.15) is 5.82 Å². The van der Waals surface area contributed by atoms with Gasteiger partial charge in [0.05, 0.1) is 12.7 Å². The fraction of sp³-hybridized carbons (Fsp3) is 0.600. The molecule has 1 aliphatic heterocycles. The summed E-state index contributed by atoms with van der Waals surface area (Å²) in [5.74, 6) is -0.310. The molecule has 2 aliphatic rings. The van der Waals surface area contributed by atoms with E-state index < -0.39 is 0 Å². The maximum atomic E-state index is 13.2. The van der Waals surface area contributed by atoms with Crippen molar-refractivity contribution in [2.45, 2.75) is 37.5 Å². The highest BCUT2D eigenvalue weighted by Crippen LogP contribution is 2.36. The van der Waals surface area contributed by atoms with Crippen molar-refractivity contribution < 1.29 is 9.13 Å². The third-order valence-corrected chi connectivity index (χ3v) is 4.80. The average molecular weight is 299 g/mol. The molecule has 3 unspecified atom stereocenters. The van der Waals surface area contributed by atoms with Crippen molar-refractivity contribution in [3.05, 3.63) is 34.6 Å². The van der Waals surface area contributed by atoms with Crippen molar-refractivity contribution in [2.75, 3.05) is 19.7 Å². The van der Waals surface area contributed by atoms with Gasteiger partial charge in [-0.3, -0.25) is 4.90 Å². The first-order chi connectivity index (χ1) is 9.70. The predicted molar refractivity (Wildman–Crippen MR) is 77.3 cm³/mol. The van der Waals surface area contributed by atoms with Crippen molar-refractivity contribution in [1.29, 1.82) is 0 Å². The number of ether oxygens (including phenoxy) is 1. The Morgan fingerprint density at radius 2 is 2.30 bits per heavy atom. The maximum Gasteiger partial charge on any atom is 0.124 e. The number of hydrogen-bond donors (Lipinski definition) is 1. The number of halogens is 2. The highest BCUT2D eigenvalue weighted by Gasteiger charge is 2.39. The van der Waals surface area contributed by atoms with Gasteiger partial charge in [-0.05, 0) is 37.0 Å². The lowest BCUT2D eigenvalue weighted by Crippen LogP contribution is -2.51. The first kappa shape index (κ1) is 14.3.